The van der Waals surface area contributed by atoms with E-state index in [0.717, 1.165) is 22.9 Å². The Kier molecular flexibility index (Phi) is 2.96. The molecule has 74 valence electrons. The Bertz CT molecular complexity index is 347. The van der Waals surface area contributed by atoms with Crippen LogP contribution in [0, 0.1) is 5.92 Å². The highest BCUT2D eigenvalue weighted by molar-refractivity contribution is 9.10. The molecule has 0 radical (unpaired) electrons. The number of aromatic nitrogens is 1. The maximum Gasteiger partial charge on any atom is 0.140 e. The van der Waals surface area contributed by atoms with Crippen LogP contribution in [0.4, 0.5) is 0 Å². The van der Waals surface area contributed by atoms with Crippen molar-refractivity contribution in [2.45, 2.75) is 25.7 Å². The third-order valence-electron chi connectivity index (χ3n) is 2.70. The largest absolute Gasteiger partial charge is 0.299 e. The molecule has 1 heterocycles. The van der Waals surface area contributed by atoms with Gasteiger partial charge in [0.2, 0.25) is 0 Å². The summed E-state index contributed by atoms with van der Waals surface area (Å²) in [6.07, 6.45) is 7.42. The molecule has 0 bridgehead atoms. The molecule has 1 aliphatic rings. The molecule has 0 aromatic carbocycles. The molecule has 1 aromatic rings. The molecule has 0 unspecified atom stereocenters. The second kappa shape index (κ2) is 4.22. The first-order valence-electron chi connectivity index (χ1n) is 4.88. The minimum Gasteiger partial charge on any atom is -0.299 e. The van der Waals surface area contributed by atoms with Gasteiger partial charge < -0.3 is 0 Å². The molecule has 1 aromatic heterocycles. The third-order valence-corrected chi connectivity index (χ3v) is 3.13. The van der Waals surface area contributed by atoms with Gasteiger partial charge in [0.25, 0.3) is 0 Å². The molecule has 0 N–H and O–H groups in total. The number of carbonyl (C=O) groups excluding carboxylic acids is 1. The van der Waals surface area contributed by atoms with Gasteiger partial charge in [-0.05, 0) is 40.4 Å². The SMILES string of the molecule is O=C(Cc1cncc(Br)c1)C1CCC1. The summed E-state index contributed by atoms with van der Waals surface area (Å²) in [6.45, 7) is 0. The number of Topliss-reactive ketones (excluding diaryl/α,β-unsaturated/α-hetero) is 1. The van der Waals surface area contributed by atoms with Crippen molar-refractivity contribution < 1.29 is 4.79 Å². The molecule has 1 aliphatic carbocycles. The van der Waals surface area contributed by atoms with Crippen LogP contribution in [0.1, 0.15) is 24.8 Å². The van der Waals surface area contributed by atoms with E-state index in [9.17, 15) is 4.79 Å². The molecule has 0 atom stereocenters. The van der Waals surface area contributed by atoms with E-state index >= 15 is 0 Å². The van der Waals surface area contributed by atoms with Crippen LogP contribution in [0.2, 0.25) is 0 Å². The number of nitrogens with zero attached hydrogens (tertiary/aromatic N) is 1. The normalized spacial score (nSPS) is 16.4. The average Bonchev–Trinajstić information content (AvgIpc) is 1.99. The van der Waals surface area contributed by atoms with Crippen LogP contribution >= 0.6 is 15.9 Å². The zero-order valence-corrected chi connectivity index (χ0v) is 9.46. The average molecular weight is 254 g/mol. The first-order valence-corrected chi connectivity index (χ1v) is 5.67. The van der Waals surface area contributed by atoms with Crippen LogP contribution in [0.25, 0.3) is 0 Å². The maximum absolute atomic E-state index is 11.7. The number of carbonyl (C=O) groups is 1. The van der Waals surface area contributed by atoms with Crippen molar-refractivity contribution in [2.75, 3.05) is 0 Å². The molecule has 0 aliphatic heterocycles. The van der Waals surface area contributed by atoms with E-state index in [-0.39, 0.29) is 0 Å². The van der Waals surface area contributed by atoms with Crippen molar-refractivity contribution in [2.24, 2.45) is 5.92 Å². The smallest absolute Gasteiger partial charge is 0.140 e. The van der Waals surface area contributed by atoms with Gasteiger partial charge in [0.05, 0.1) is 0 Å². The molecule has 1 saturated carbocycles. The molecular weight excluding hydrogens is 242 g/mol. The van der Waals surface area contributed by atoms with Gasteiger partial charge in [0.15, 0.2) is 0 Å². The lowest BCUT2D eigenvalue weighted by Crippen LogP contribution is -2.23. The van der Waals surface area contributed by atoms with Gasteiger partial charge in [-0.3, -0.25) is 9.78 Å². The standard InChI is InChI=1S/C11H12BrNO/c12-10-4-8(6-13-7-10)5-11(14)9-2-1-3-9/h4,6-7,9H,1-3,5H2. The predicted molar refractivity (Wildman–Crippen MR) is 58.0 cm³/mol. The fourth-order valence-corrected chi connectivity index (χ4v) is 2.04. The number of rotatable bonds is 3. The second-order valence-electron chi connectivity index (χ2n) is 3.78. The first-order chi connectivity index (χ1) is 6.75. The Labute approximate surface area is 91.9 Å². The first kappa shape index (κ1) is 9.84. The van der Waals surface area contributed by atoms with Gasteiger partial charge in [0, 0.05) is 29.2 Å². The van der Waals surface area contributed by atoms with Crippen molar-refractivity contribution >= 4 is 21.7 Å². The van der Waals surface area contributed by atoms with E-state index in [1.165, 1.54) is 6.42 Å². The van der Waals surface area contributed by atoms with E-state index in [1.54, 1.807) is 12.4 Å². The second-order valence-corrected chi connectivity index (χ2v) is 4.70. The van der Waals surface area contributed by atoms with E-state index < -0.39 is 0 Å². The summed E-state index contributed by atoms with van der Waals surface area (Å²) in [6, 6.07) is 1.96. The van der Waals surface area contributed by atoms with Gasteiger partial charge >= 0.3 is 0 Å². The molecule has 0 saturated heterocycles. The molecule has 3 heteroatoms. The van der Waals surface area contributed by atoms with Crippen LogP contribution in [-0.4, -0.2) is 10.8 Å². The lowest BCUT2D eigenvalue weighted by molar-refractivity contribution is -0.124. The molecule has 14 heavy (non-hydrogen) atoms. The number of hydrogen-bond acceptors (Lipinski definition) is 2. The Morgan fingerprint density at radius 1 is 1.50 bits per heavy atom. The Morgan fingerprint density at radius 3 is 2.86 bits per heavy atom. The minimum atomic E-state index is 0.328. The summed E-state index contributed by atoms with van der Waals surface area (Å²) in [5.74, 6) is 0.699. The molecule has 0 amide bonds. The van der Waals surface area contributed by atoms with Gasteiger partial charge in [-0.2, -0.15) is 0 Å². The van der Waals surface area contributed by atoms with Crippen LogP contribution in [-0.2, 0) is 11.2 Å². The van der Waals surface area contributed by atoms with Crippen LogP contribution in [0.15, 0.2) is 22.9 Å². The van der Waals surface area contributed by atoms with E-state index in [1.807, 2.05) is 6.07 Å². The molecular formula is C11H12BrNO. The van der Waals surface area contributed by atoms with Crippen molar-refractivity contribution in [1.29, 1.82) is 0 Å². The molecule has 0 spiro atoms. The summed E-state index contributed by atoms with van der Waals surface area (Å²) in [5.41, 5.74) is 1.01. The Morgan fingerprint density at radius 2 is 2.29 bits per heavy atom. The summed E-state index contributed by atoms with van der Waals surface area (Å²) >= 11 is 3.35. The van der Waals surface area contributed by atoms with E-state index in [2.05, 4.69) is 20.9 Å². The Hall–Kier alpha value is -0.700. The van der Waals surface area contributed by atoms with Crippen molar-refractivity contribution in [3.05, 3.63) is 28.5 Å². The van der Waals surface area contributed by atoms with Gasteiger partial charge in [-0.15, -0.1) is 0 Å². The zero-order valence-electron chi connectivity index (χ0n) is 7.87. The summed E-state index contributed by atoms with van der Waals surface area (Å²) in [4.78, 5) is 15.7. The van der Waals surface area contributed by atoms with Crippen molar-refractivity contribution in [3.63, 3.8) is 0 Å². The highest BCUT2D eigenvalue weighted by Crippen LogP contribution is 2.28. The summed E-state index contributed by atoms with van der Waals surface area (Å²) in [5, 5.41) is 0. The molecule has 2 nitrogen and oxygen atoms in total. The van der Waals surface area contributed by atoms with Gasteiger partial charge in [0.1, 0.15) is 5.78 Å². The van der Waals surface area contributed by atoms with Crippen molar-refractivity contribution in [1.82, 2.24) is 4.98 Å². The summed E-state index contributed by atoms with van der Waals surface area (Å²) in [7, 11) is 0. The van der Waals surface area contributed by atoms with Gasteiger partial charge in [-0.25, -0.2) is 0 Å². The number of hydrogen-bond donors (Lipinski definition) is 0. The van der Waals surface area contributed by atoms with Crippen LogP contribution in [0.3, 0.4) is 0 Å². The lowest BCUT2D eigenvalue weighted by atomic mass is 9.80. The van der Waals surface area contributed by atoms with Crippen molar-refractivity contribution in [3.8, 4) is 0 Å². The topological polar surface area (TPSA) is 30.0 Å². The van der Waals surface area contributed by atoms with Crippen LogP contribution < -0.4 is 0 Å². The minimum absolute atomic E-state index is 0.328. The third kappa shape index (κ3) is 2.21. The Balaban J connectivity index is 1.99. The quantitative estimate of drug-likeness (QED) is 0.830. The molecule has 1 fully saturated rings. The summed E-state index contributed by atoms with van der Waals surface area (Å²) < 4.78 is 0.941. The number of pyridine rings is 1. The molecule has 2 rings (SSSR count). The predicted octanol–water partition coefficient (Wildman–Crippen LogP) is 2.76. The maximum atomic E-state index is 11.7. The highest BCUT2D eigenvalue weighted by Gasteiger charge is 2.24. The fraction of sp³-hybridized carbons (Fsp3) is 0.455. The van der Waals surface area contributed by atoms with Gasteiger partial charge in [-0.1, -0.05) is 6.42 Å². The number of halogens is 1. The lowest BCUT2D eigenvalue weighted by Gasteiger charge is -2.23. The number of ketones is 1. The van der Waals surface area contributed by atoms with E-state index in [4.69, 9.17) is 0 Å². The fourth-order valence-electron chi connectivity index (χ4n) is 1.63. The van der Waals surface area contributed by atoms with E-state index in [0.29, 0.717) is 18.1 Å². The van der Waals surface area contributed by atoms with Crippen LogP contribution in [0.5, 0.6) is 0 Å². The highest BCUT2D eigenvalue weighted by atomic mass is 79.9. The zero-order chi connectivity index (χ0) is 9.97. The monoisotopic (exact) mass is 253 g/mol.